The number of carboxylic acid groups (broad SMARTS) is 1. The molecule has 0 radical (unpaired) electrons. The monoisotopic (exact) mass is 334 g/mol. The molecule has 0 unspecified atom stereocenters. The average molecular weight is 335 g/mol. The first-order chi connectivity index (χ1) is 9.76. The third-order valence-corrected chi connectivity index (χ3v) is 5.62. The number of sulfonamides is 1. The number of nitrogens with zero attached hydrogens (tertiary/aromatic N) is 2. The van der Waals surface area contributed by atoms with Crippen molar-refractivity contribution in [2.24, 2.45) is 0 Å². The van der Waals surface area contributed by atoms with Crippen molar-refractivity contribution in [3.8, 4) is 0 Å². The number of nitro benzene ring substituents is 1. The molecule has 1 N–H and O–H groups in total. The van der Waals surface area contributed by atoms with E-state index in [0.29, 0.717) is 6.42 Å². The van der Waals surface area contributed by atoms with Crippen LogP contribution in [-0.4, -0.2) is 41.3 Å². The summed E-state index contributed by atoms with van der Waals surface area (Å²) >= 11 is 5.81. The Hall–Kier alpha value is -1.71. The van der Waals surface area contributed by atoms with Gasteiger partial charge in [-0.1, -0.05) is 17.7 Å². The molecule has 0 bridgehead atoms. The fourth-order valence-corrected chi connectivity index (χ4v) is 4.61. The predicted molar refractivity (Wildman–Crippen MR) is 72.7 cm³/mol. The van der Waals surface area contributed by atoms with Gasteiger partial charge in [0.25, 0.3) is 15.7 Å². The Kier molecular flexibility index (Phi) is 4.17. The van der Waals surface area contributed by atoms with Gasteiger partial charge < -0.3 is 5.11 Å². The van der Waals surface area contributed by atoms with Crippen LogP contribution in [0.5, 0.6) is 0 Å². The zero-order valence-corrected chi connectivity index (χ0v) is 12.2. The number of carboxylic acids is 1. The minimum atomic E-state index is -4.36. The zero-order chi connectivity index (χ0) is 15.8. The molecule has 8 nitrogen and oxygen atoms in total. The van der Waals surface area contributed by atoms with E-state index < -0.39 is 37.5 Å². The summed E-state index contributed by atoms with van der Waals surface area (Å²) in [6, 6.07) is 2.27. The number of carbonyl (C=O) groups is 1. The third kappa shape index (κ3) is 2.71. The van der Waals surface area contributed by atoms with E-state index in [9.17, 15) is 23.3 Å². The van der Waals surface area contributed by atoms with Crippen molar-refractivity contribution in [2.45, 2.75) is 23.8 Å². The van der Waals surface area contributed by atoms with Crippen LogP contribution in [0.1, 0.15) is 12.8 Å². The Labute approximate surface area is 125 Å². The highest BCUT2D eigenvalue weighted by molar-refractivity contribution is 7.89. The summed E-state index contributed by atoms with van der Waals surface area (Å²) in [5.41, 5.74) is -0.668. The van der Waals surface area contributed by atoms with Gasteiger partial charge in [0.15, 0.2) is 4.90 Å². The minimum absolute atomic E-state index is 0.0122. The first-order valence-corrected chi connectivity index (χ1v) is 7.76. The van der Waals surface area contributed by atoms with Crippen LogP contribution < -0.4 is 0 Å². The Morgan fingerprint density at radius 1 is 1.48 bits per heavy atom. The van der Waals surface area contributed by atoms with Crippen molar-refractivity contribution >= 4 is 33.3 Å². The summed E-state index contributed by atoms with van der Waals surface area (Å²) in [5.74, 6) is -1.29. The quantitative estimate of drug-likeness (QED) is 0.658. The Balaban J connectivity index is 2.60. The third-order valence-electron chi connectivity index (χ3n) is 3.20. The molecule has 1 aromatic carbocycles. The maximum atomic E-state index is 12.6. The van der Waals surface area contributed by atoms with Gasteiger partial charge in [0.05, 0.1) is 9.95 Å². The van der Waals surface area contributed by atoms with Crippen LogP contribution in [-0.2, 0) is 14.8 Å². The molecular formula is C11H11ClN2O6S. The van der Waals surface area contributed by atoms with E-state index in [4.69, 9.17) is 16.7 Å². The molecule has 10 heteroatoms. The highest BCUT2D eigenvalue weighted by Gasteiger charge is 2.43. The zero-order valence-electron chi connectivity index (χ0n) is 10.6. The molecule has 0 spiro atoms. The van der Waals surface area contributed by atoms with Crippen molar-refractivity contribution in [1.82, 2.24) is 4.31 Å². The van der Waals surface area contributed by atoms with Crippen LogP contribution in [0, 0.1) is 10.1 Å². The molecule has 0 saturated carbocycles. The standard InChI is InChI=1S/C11H11ClN2O6S/c12-7-3-1-4-8(14(17)18)10(7)21(19,20)13-6-2-5-9(13)11(15)16/h1,3-4,9H,2,5-6H2,(H,15,16)/t9-/m0/s1. The second-order valence-corrected chi connectivity index (χ2v) is 6.69. The first kappa shape index (κ1) is 15.7. The minimum Gasteiger partial charge on any atom is -0.480 e. The van der Waals surface area contributed by atoms with E-state index in [-0.39, 0.29) is 18.0 Å². The van der Waals surface area contributed by atoms with Crippen molar-refractivity contribution in [3.63, 3.8) is 0 Å². The molecule has 1 heterocycles. The maximum Gasteiger partial charge on any atom is 0.322 e. The molecular weight excluding hydrogens is 324 g/mol. The number of hydrogen-bond acceptors (Lipinski definition) is 5. The summed E-state index contributed by atoms with van der Waals surface area (Å²) in [5, 5.41) is 19.8. The number of hydrogen-bond donors (Lipinski definition) is 1. The highest BCUT2D eigenvalue weighted by atomic mass is 35.5. The smallest absolute Gasteiger partial charge is 0.322 e. The molecule has 2 rings (SSSR count). The summed E-state index contributed by atoms with van der Waals surface area (Å²) in [6.07, 6.45) is 0.529. The van der Waals surface area contributed by atoms with Crippen molar-refractivity contribution in [2.75, 3.05) is 6.54 Å². The Morgan fingerprint density at radius 3 is 2.71 bits per heavy atom. The van der Waals surface area contributed by atoms with Gasteiger partial charge in [0, 0.05) is 12.6 Å². The van der Waals surface area contributed by atoms with E-state index in [2.05, 4.69) is 0 Å². The normalized spacial score (nSPS) is 19.6. The molecule has 0 amide bonds. The number of benzene rings is 1. The van der Waals surface area contributed by atoms with Crippen LogP contribution >= 0.6 is 11.6 Å². The lowest BCUT2D eigenvalue weighted by Crippen LogP contribution is -2.40. The molecule has 1 fully saturated rings. The van der Waals surface area contributed by atoms with Gasteiger partial charge in [-0.2, -0.15) is 4.31 Å². The predicted octanol–water partition coefficient (Wildman–Crippen LogP) is 1.49. The molecule has 1 aromatic rings. The van der Waals surface area contributed by atoms with Gasteiger partial charge >= 0.3 is 5.97 Å². The van der Waals surface area contributed by atoms with Gasteiger partial charge in [0.2, 0.25) is 0 Å². The fraction of sp³-hybridized carbons (Fsp3) is 0.364. The number of halogens is 1. The van der Waals surface area contributed by atoms with Gasteiger partial charge in [0.1, 0.15) is 6.04 Å². The molecule has 21 heavy (non-hydrogen) atoms. The van der Waals surface area contributed by atoms with Gasteiger partial charge in [-0.25, -0.2) is 8.42 Å². The van der Waals surface area contributed by atoms with Gasteiger partial charge in [-0.15, -0.1) is 0 Å². The van der Waals surface area contributed by atoms with Crippen LogP contribution in [0.15, 0.2) is 23.1 Å². The average Bonchev–Trinajstić information content (AvgIpc) is 2.88. The number of nitro groups is 1. The van der Waals surface area contributed by atoms with Crippen molar-refractivity contribution < 1.29 is 23.2 Å². The number of aliphatic carboxylic acids is 1. The lowest BCUT2D eigenvalue weighted by atomic mass is 10.2. The SMILES string of the molecule is O=C(O)[C@@H]1CCCN1S(=O)(=O)c1c(Cl)cccc1[N+](=O)[O-]. The van der Waals surface area contributed by atoms with E-state index in [0.717, 1.165) is 10.4 Å². The molecule has 1 aliphatic rings. The second kappa shape index (κ2) is 5.58. The summed E-state index contributed by atoms with van der Waals surface area (Å²) in [6.45, 7) is -0.0122. The number of rotatable bonds is 4. The Morgan fingerprint density at radius 2 is 2.14 bits per heavy atom. The summed E-state index contributed by atoms with van der Waals surface area (Å²) in [4.78, 5) is 20.6. The fourth-order valence-electron chi connectivity index (χ4n) is 2.29. The molecule has 1 saturated heterocycles. The van der Waals surface area contributed by atoms with Crippen LogP contribution in [0.3, 0.4) is 0 Å². The van der Waals surface area contributed by atoms with Crippen LogP contribution in [0.2, 0.25) is 5.02 Å². The summed E-state index contributed by atoms with van der Waals surface area (Å²) in [7, 11) is -4.36. The summed E-state index contributed by atoms with van der Waals surface area (Å²) < 4.78 is 25.9. The maximum absolute atomic E-state index is 12.6. The second-order valence-electron chi connectivity index (χ2n) is 4.46. The van der Waals surface area contributed by atoms with Crippen molar-refractivity contribution in [1.29, 1.82) is 0 Å². The Bertz CT molecular complexity index is 705. The lowest BCUT2D eigenvalue weighted by Gasteiger charge is -2.21. The van der Waals surface area contributed by atoms with E-state index in [1.165, 1.54) is 12.1 Å². The molecule has 1 atom stereocenters. The largest absolute Gasteiger partial charge is 0.480 e. The first-order valence-electron chi connectivity index (χ1n) is 5.94. The van der Waals surface area contributed by atoms with E-state index in [1.807, 2.05) is 0 Å². The lowest BCUT2D eigenvalue weighted by molar-refractivity contribution is -0.387. The van der Waals surface area contributed by atoms with E-state index >= 15 is 0 Å². The van der Waals surface area contributed by atoms with Crippen molar-refractivity contribution in [3.05, 3.63) is 33.3 Å². The molecule has 0 aliphatic carbocycles. The van der Waals surface area contributed by atoms with Crippen LogP contribution in [0.4, 0.5) is 5.69 Å². The van der Waals surface area contributed by atoms with E-state index in [1.54, 1.807) is 0 Å². The molecule has 0 aromatic heterocycles. The molecule has 1 aliphatic heterocycles. The van der Waals surface area contributed by atoms with Gasteiger partial charge in [-0.3, -0.25) is 14.9 Å². The van der Waals surface area contributed by atoms with Crippen LogP contribution in [0.25, 0.3) is 0 Å². The highest BCUT2D eigenvalue weighted by Crippen LogP contribution is 2.36. The molecule has 114 valence electrons. The van der Waals surface area contributed by atoms with Gasteiger partial charge in [-0.05, 0) is 18.9 Å². The topological polar surface area (TPSA) is 118 Å².